The number of anilines is 1. The van der Waals surface area contributed by atoms with Crippen LogP contribution in [-0.2, 0) is 13.2 Å². The van der Waals surface area contributed by atoms with Gasteiger partial charge in [0, 0.05) is 27.8 Å². The minimum Gasteiger partial charge on any atom is -0.489 e. The van der Waals surface area contributed by atoms with Gasteiger partial charge in [-0.3, -0.25) is 0 Å². The molecule has 0 spiro atoms. The van der Waals surface area contributed by atoms with E-state index in [1.807, 2.05) is 43.3 Å². The molecule has 0 amide bonds. The van der Waals surface area contributed by atoms with Crippen LogP contribution < -0.4 is 10.1 Å². The first-order valence-corrected chi connectivity index (χ1v) is 9.23. The third-order valence-corrected chi connectivity index (χ3v) is 4.68. The first-order valence-electron chi connectivity index (χ1n) is 8.48. The second-order valence-electron chi connectivity index (χ2n) is 6.34. The highest BCUT2D eigenvalue weighted by molar-refractivity contribution is 6.31. The molecule has 0 heterocycles. The Morgan fingerprint density at radius 3 is 2.31 bits per heavy atom. The van der Waals surface area contributed by atoms with Gasteiger partial charge >= 0.3 is 0 Å². The van der Waals surface area contributed by atoms with Crippen LogP contribution in [0.25, 0.3) is 0 Å². The molecule has 0 aliphatic heterocycles. The molecule has 0 aliphatic carbocycles. The number of ether oxygens (including phenoxy) is 1. The van der Waals surface area contributed by atoms with Gasteiger partial charge in [-0.2, -0.15) is 0 Å². The first kappa shape index (κ1) is 18.6. The van der Waals surface area contributed by atoms with Crippen molar-refractivity contribution in [1.82, 2.24) is 0 Å². The average molecular weight is 386 g/mol. The van der Waals surface area contributed by atoms with Crippen molar-refractivity contribution in [1.29, 1.82) is 0 Å². The smallest absolute Gasteiger partial charge is 0.124 e. The van der Waals surface area contributed by atoms with E-state index in [4.69, 9.17) is 27.9 Å². The Balaban J connectivity index is 1.73. The van der Waals surface area contributed by atoms with E-state index in [0.717, 1.165) is 28.1 Å². The third kappa shape index (κ3) is 4.94. The van der Waals surface area contributed by atoms with Gasteiger partial charge in [-0.25, -0.2) is 0 Å². The Morgan fingerprint density at radius 2 is 1.54 bits per heavy atom. The fourth-order valence-electron chi connectivity index (χ4n) is 2.65. The molecular weight excluding hydrogens is 365 g/mol. The van der Waals surface area contributed by atoms with Gasteiger partial charge in [0.2, 0.25) is 0 Å². The van der Waals surface area contributed by atoms with Crippen LogP contribution in [0.2, 0.25) is 10.0 Å². The number of hydrogen-bond donors (Lipinski definition) is 1. The molecule has 0 bridgehead atoms. The Kier molecular flexibility index (Phi) is 6.08. The maximum atomic E-state index is 6.19. The summed E-state index contributed by atoms with van der Waals surface area (Å²) in [6.07, 6.45) is 0. The van der Waals surface area contributed by atoms with Crippen LogP contribution in [0.15, 0.2) is 60.7 Å². The second-order valence-corrected chi connectivity index (χ2v) is 7.21. The van der Waals surface area contributed by atoms with E-state index in [9.17, 15) is 0 Å². The topological polar surface area (TPSA) is 21.3 Å². The predicted molar refractivity (Wildman–Crippen MR) is 110 cm³/mol. The van der Waals surface area contributed by atoms with Gasteiger partial charge in [-0.15, -0.1) is 0 Å². The van der Waals surface area contributed by atoms with Gasteiger partial charge in [-0.1, -0.05) is 59.1 Å². The highest BCUT2D eigenvalue weighted by Gasteiger charge is 2.07. The van der Waals surface area contributed by atoms with Crippen LogP contribution in [0.1, 0.15) is 22.3 Å². The molecule has 0 aliphatic rings. The molecule has 0 radical (unpaired) electrons. The lowest BCUT2D eigenvalue weighted by Crippen LogP contribution is -2.05. The number of rotatable bonds is 6. The molecule has 3 aromatic rings. The zero-order chi connectivity index (χ0) is 18.5. The minimum atomic E-state index is 0.519. The summed E-state index contributed by atoms with van der Waals surface area (Å²) in [5, 5.41) is 4.82. The average Bonchev–Trinajstić information content (AvgIpc) is 2.63. The van der Waals surface area contributed by atoms with Gasteiger partial charge in [0.1, 0.15) is 12.4 Å². The zero-order valence-corrected chi connectivity index (χ0v) is 16.4. The molecule has 0 atom stereocenters. The van der Waals surface area contributed by atoms with Crippen LogP contribution in [0.3, 0.4) is 0 Å². The fraction of sp³-hybridized carbons (Fsp3) is 0.182. The summed E-state index contributed by atoms with van der Waals surface area (Å²) < 4.78 is 6.04. The summed E-state index contributed by atoms with van der Waals surface area (Å²) in [4.78, 5) is 0. The van der Waals surface area contributed by atoms with Crippen molar-refractivity contribution in [2.24, 2.45) is 0 Å². The Morgan fingerprint density at radius 1 is 0.846 bits per heavy atom. The molecule has 3 rings (SSSR count). The van der Waals surface area contributed by atoms with E-state index in [2.05, 4.69) is 36.5 Å². The number of nitrogens with one attached hydrogen (secondary N) is 1. The first-order chi connectivity index (χ1) is 12.5. The molecule has 0 saturated carbocycles. The number of aryl methyl sites for hydroxylation is 2. The SMILES string of the molecule is Cc1ccc(COc2ccc(Cl)cc2CNc2cc(Cl)ccc2C)cc1. The standard InChI is InChI=1S/C22H21Cl2NO/c1-15-3-6-17(7-4-15)14-26-22-10-9-19(23)11-18(22)13-25-21-12-20(24)8-5-16(21)2/h3-12,25H,13-14H2,1-2H3. The molecule has 0 aromatic heterocycles. The molecule has 4 heteroatoms. The van der Waals surface area contributed by atoms with Gasteiger partial charge < -0.3 is 10.1 Å². The normalized spacial score (nSPS) is 10.6. The van der Waals surface area contributed by atoms with Crippen molar-refractivity contribution in [3.8, 4) is 5.75 Å². The molecule has 1 N–H and O–H groups in total. The van der Waals surface area contributed by atoms with Gasteiger partial charge in [0.15, 0.2) is 0 Å². The summed E-state index contributed by atoms with van der Waals surface area (Å²) in [5.41, 5.74) is 5.52. The molecule has 26 heavy (non-hydrogen) atoms. The lowest BCUT2D eigenvalue weighted by molar-refractivity contribution is 0.303. The number of halogens is 2. The lowest BCUT2D eigenvalue weighted by Gasteiger charge is -2.15. The van der Waals surface area contributed by atoms with E-state index in [1.165, 1.54) is 5.56 Å². The summed E-state index contributed by atoms with van der Waals surface area (Å²) >= 11 is 12.3. The van der Waals surface area contributed by atoms with E-state index in [0.29, 0.717) is 23.2 Å². The maximum Gasteiger partial charge on any atom is 0.124 e. The van der Waals surface area contributed by atoms with Crippen molar-refractivity contribution in [2.45, 2.75) is 27.0 Å². The number of benzene rings is 3. The zero-order valence-electron chi connectivity index (χ0n) is 14.9. The second kappa shape index (κ2) is 8.48. The molecule has 2 nitrogen and oxygen atoms in total. The lowest BCUT2D eigenvalue weighted by atomic mass is 10.1. The summed E-state index contributed by atoms with van der Waals surface area (Å²) in [5.74, 6) is 0.821. The monoisotopic (exact) mass is 385 g/mol. The Bertz CT molecular complexity index is 891. The highest BCUT2D eigenvalue weighted by Crippen LogP contribution is 2.26. The quantitative estimate of drug-likeness (QED) is 0.503. The van der Waals surface area contributed by atoms with Crippen LogP contribution in [0.5, 0.6) is 5.75 Å². The van der Waals surface area contributed by atoms with Crippen molar-refractivity contribution >= 4 is 28.9 Å². The maximum absolute atomic E-state index is 6.19. The summed E-state index contributed by atoms with van der Waals surface area (Å²) in [7, 11) is 0. The molecule has 0 saturated heterocycles. The van der Waals surface area contributed by atoms with Gasteiger partial charge in [0.25, 0.3) is 0 Å². The van der Waals surface area contributed by atoms with Crippen LogP contribution >= 0.6 is 23.2 Å². The van der Waals surface area contributed by atoms with E-state index in [-0.39, 0.29) is 0 Å². The van der Waals surface area contributed by atoms with Crippen molar-refractivity contribution < 1.29 is 4.74 Å². The highest BCUT2D eigenvalue weighted by atomic mass is 35.5. The van der Waals surface area contributed by atoms with Crippen LogP contribution in [0.4, 0.5) is 5.69 Å². The Labute approximate surface area is 164 Å². The predicted octanol–water partition coefficient (Wildman–Crippen LogP) is 6.80. The minimum absolute atomic E-state index is 0.519. The molecule has 134 valence electrons. The molecule has 0 unspecified atom stereocenters. The summed E-state index contributed by atoms with van der Waals surface area (Å²) in [6, 6.07) is 19.8. The van der Waals surface area contributed by atoms with E-state index >= 15 is 0 Å². The van der Waals surface area contributed by atoms with Crippen LogP contribution in [-0.4, -0.2) is 0 Å². The summed E-state index contributed by atoms with van der Waals surface area (Å²) in [6.45, 7) is 5.24. The molecule has 3 aromatic carbocycles. The van der Waals surface area contributed by atoms with Crippen molar-refractivity contribution in [2.75, 3.05) is 5.32 Å². The van der Waals surface area contributed by atoms with E-state index in [1.54, 1.807) is 0 Å². The van der Waals surface area contributed by atoms with Gasteiger partial charge in [-0.05, 0) is 55.3 Å². The van der Waals surface area contributed by atoms with Crippen LogP contribution in [0, 0.1) is 13.8 Å². The van der Waals surface area contributed by atoms with Crippen molar-refractivity contribution in [3.63, 3.8) is 0 Å². The number of hydrogen-bond acceptors (Lipinski definition) is 2. The molecule has 0 fully saturated rings. The molecular formula is C22H21Cl2NO. The van der Waals surface area contributed by atoms with Crippen molar-refractivity contribution in [3.05, 3.63) is 93.0 Å². The van der Waals surface area contributed by atoms with E-state index < -0.39 is 0 Å². The Hall–Kier alpha value is -2.16. The fourth-order valence-corrected chi connectivity index (χ4v) is 3.01. The van der Waals surface area contributed by atoms with Gasteiger partial charge in [0.05, 0.1) is 0 Å². The largest absolute Gasteiger partial charge is 0.489 e. The third-order valence-electron chi connectivity index (χ3n) is 4.21.